The topological polar surface area (TPSA) is 0 Å². The van der Waals surface area contributed by atoms with E-state index >= 15 is 0 Å². The summed E-state index contributed by atoms with van der Waals surface area (Å²) in [7, 11) is 0. The van der Waals surface area contributed by atoms with Gasteiger partial charge in [0.25, 0.3) is 0 Å². The van der Waals surface area contributed by atoms with Crippen molar-refractivity contribution in [3.63, 3.8) is 0 Å². The van der Waals surface area contributed by atoms with Crippen LogP contribution in [0.15, 0.2) is 121 Å². The lowest BCUT2D eigenvalue weighted by molar-refractivity contribution is 0.590. The maximum atomic E-state index is 4.44. The van der Waals surface area contributed by atoms with Crippen molar-refractivity contribution >= 4 is 5.57 Å². The van der Waals surface area contributed by atoms with Crippen LogP contribution >= 0.6 is 0 Å². The Labute approximate surface area is 196 Å². The first-order chi connectivity index (χ1) is 15.2. The van der Waals surface area contributed by atoms with Crippen LogP contribution in [0.5, 0.6) is 0 Å². The molecule has 0 radical (unpaired) electrons. The van der Waals surface area contributed by atoms with Gasteiger partial charge in [0.15, 0.2) is 0 Å². The van der Waals surface area contributed by atoms with Crippen molar-refractivity contribution in [2.24, 2.45) is 0 Å². The first-order valence-corrected chi connectivity index (χ1v) is 11.5. The van der Waals surface area contributed by atoms with E-state index in [0.717, 1.165) is 46.3 Å². The highest BCUT2D eigenvalue weighted by Gasteiger charge is 2.18. The van der Waals surface area contributed by atoms with Crippen LogP contribution in [0.25, 0.3) is 5.57 Å². The second kappa shape index (κ2) is 11.5. The lowest BCUT2D eigenvalue weighted by atomic mass is 9.82. The number of hydrogen-bond acceptors (Lipinski definition) is 0. The van der Waals surface area contributed by atoms with E-state index in [-0.39, 0.29) is 5.41 Å². The Hall–Kier alpha value is -3.12. The van der Waals surface area contributed by atoms with Crippen LogP contribution in [0.1, 0.15) is 64.2 Å². The Morgan fingerprint density at radius 1 is 0.906 bits per heavy atom. The van der Waals surface area contributed by atoms with Crippen LogP contribution in [-0.2, 0) is 5.41 Å². The largest absolute Gasteiger partial charge is 0.0985 e. The Kier molecular flexibility index (Phi) is 9.02. The molecule has 0 unspecified atom stereocenters. The zero-order chi connectivity index (χ0) is 23.7. The van der Waals surface area contributed by atoms with Gasteiger partial charge >= 0.3 is 0 Å². The quantitative estimate of drug-likeness (QED) is 0.353. The molecule has 0 aliphatic carbocycles. The third-order valence-corrected chi connectivity index (χ3v) is 5.46. The average molecular weight is 423 g/mol. The van der Waals surface area contributed by atoms with Crippen molar-refractivity contribution < 1.29 is 0 Å². The summed E-state index contributed by atoms with van der Waals surface area (Å²) in [6, 6.07) is 19.4. The minimum absolute atomic E-state index is 0.0705. The summed E-state index contributed by atoms with van der Waals surface area (Å²) in [4.78, 5) is 0. The van der Waals surface area contributed by atoms with E-state index in [2.05, 4.69) is 127 Å². The standard InChI is InChI=1S/C32H38/c1-9-11-16-26(10-2)22-21-25(5)30(24(3)4)31(27-17-13-12-14-18-27)28-19-15-20-29(23-28)32(6,7)8/h10,12-23H,2-3,5,9,11H2,1,4,6-8H3/b22-21+,26-16+,31-30+. The molecule has 0 amide bonds. The van der Waals surface area contributed by atoms with Gasteiger partial charge in [0, 0.05) is 0 Å². The van der Waals surface area contributed by atoms with Crippen LogP contribution in [0, 0.1) is 0 Å². The summed E-state index contributed by atoms with van der Waals surface area (Å²) >= 11 is 0. The molecule has 2 aromatic carbocycles. The van der Waals surface area contributed by atoms with Crippen LogP contribution in [0.4, 0.5) is 0 Å². The smallest absolute Gasteiger partial charge is 0.00305 e. The lowest BCUT2D eigenvalue weighted by Crippen LogP contribution is -2.11. The van der Waals surface area contributed by atoms with Crippen molar-refractivity contribution in [1.82, 2.24) is 0 Å². The van der Waals surface area contributed by atoms with E-state index < -0.39 is 0 Å². The molecule has 0 saturated carbocycles. The normalized spacial score (nSPS) is 13.1. The highest BCUT2D eigenvalue weighted by molar-refractivity contribution is 5.88. The summed E-state index contributed by atoms with van der Waals surface area (Å²) in [5, 5.41) is 0. The van der Waals surface area contributed by atoms with Crippen LogP contribution in [0.3, 0.4) is 0 Å². The molecule has 0 atom stereocenters. The molecule has 0 N–H and O–H groups in total. The monoisotopic (exact) mass is 422 g/mol. The first kappa shape index (κ1) is 25.1. The molecule has 0 heterocycles. The van der Waals surface area contributed by atoms with E-state index in [0.29, 0.717) is 0 Å². The maximum Gasteiger partial charge on any atom is -0.00305 e. The van der Waals surface area contributed by atoms with Gasteiger partial charge in [-0.25, -0.2) is 0 Å². The number of rotatable bonds is 9. The molecule has 0 spiro atoms. The third kappa shape index (κ3) is 6.69. The van der Waals surface area contributed by atoms with Gasteiger partial charge in [-0.2, -0.15) is 0 Å². The summed E-state index contributed by atoms with van der Waals surface area (Å²) in [5.74, 6) is 0. The molecular formula is C32H38. The van der Waals surface area contributed by atoms with Crippen molar-refractivity contribution in [2.75, 3.05) is 0 Å². The van der Waals surface area contributed by atoms with Gasteiger partial charge in [-0.15, -0.1) is 0 Å². The van der Waals surface area contributed by atoms with Gasteiger partial charge in [0.2, 0.25) is 0 Å². The molecule has 2 aromatic rings. The van der Waals surface area contributed by atoms with Crippen molar-refractivity contribution in [3.8, 4) is 0 Å². The molecule has 0 heteroatoms. The predicted octanol–water partition coefficient (Wildman–Crippen LogP) is 9.39. The fourth-order valence-electron chi connectivity index (χ4n) is 3.66. The highest BCUT2D eigenvalue weighted by Crippen LogP contribution is 2.36. The van der Waals surface area contributed by atoms with E-state index in [1.54, 1.807) is 0 Å². The summed E-state index contributed by atoms with van der Waals surface area (Å²) in [6.45, 7) is 23.7. The molecule has 0 bridgehead atoms. The zero-order valence-electron chi connectivity index (χ0n) is 20.5. The van der Waals surface area contributed by atoms with Crippen molar-refractivity contribution in [1.29, 1.82) is 0 Å². The van der Waals surface area contributed by atoms with Crippen LogP contribution in [0.2, 0.25) is 0 Å². The zero-order valence-corrected chi connectivity index (χ0v) is 20.5. The molecular weight excluding hydrogens is 384 g/mol. The van der Waals surface area contributed by atoms with Crippen LogP contribution in [-0.4, -0.2) is 0 Å². The minimum atomic E-state index is 0.0705. The Bertz CT molecular complexity index is 1050. The Morgan fingerprint density at radius 3 is 2.12 bits per heavy atom. The van der Waals surface area contributed by atoms with Gasteiger partial charge in [-0.3, -0.25) is 0 Å². The summed E-state index contributed by atoms with van der Waals surface area (Å²) < 4.78 is 0. The number of benzene rings is 2. The Balaban J connectivity index is 2.72. The Morgan fingerprint density at radius 2 is 1.56 bits per heavy atom. The second-order valence-corrected chi connectivity index (χ2v) is 9.28. The molecule has 0 aromatic heterocycles. The number of hydrogen-bond donors (Lipinski definition) is 0. The highest BCUT2D eigenvalue weighted by atomic mass is 14.2. The molecule has 166 valence electrons. The number of allylic oxidation sites excluding steroid dienone is 8. The number of unbranched alkanes of at least 4 members (excludes halogenated alkanes) is 1. The van der Waals surface area contributed by atoms with Crippen molar-refractivity contribution in [2.45, 2.75) is 52.9 Å². The SMILES string of the molecule is C=CC(/C=C/C(=C)/C(C(=C)C)=C(\c1ccccc1)c1cccc(C(C)(C)C)c1)=C\CCC. The van der Waals surface area contributed by atoms with E-state index in [9.17, 15) is 0 Å². The molecule has 0 saturated heterocycles. The van der Waals surface area contributed by atoms with Gasteiger partial charge in [0.05, 0.1) is 0 Å². The lowest BCUT2D eigenvalue weighted by Gasteiger charge is -2.22. The second-order valence-electron chi connectivity index (χ2n) is 9.28. The summed E-state index contributed by atoms with van der Waals surface area (Å²) in [6.07, 6.45) is 10.5. The molecule has 0 nitrogen and oxygen atoms in total. The predicted molar refractivity (Wildman–Crippen MR) is 144 cm³/mol. The maximum absolute atomic E-state index is 4.44. The van der Waals surface area contributed by atoms with E-state index in [1.807, 2.05) is 6.08 Å². The fourth-order valence-corrected chi connectivity index (χ4v) is 3.66. The minimum Gasteiger partial charge on any atom is -0.0985 e. The molecule has 0 aliphatic rings. The van der Waals surface area contributed by atoms with Gasteiger partial charge < -0.3 is 0 Å². The average Bonchev–Trinajstić information content (AvgIpc) is 2.77. The first-order valence-electron chi connectivity index (χ1n) is 11.5. The van der Waals surface area contributed by atoms with Crippen LogP contribution < -0.4 is 0 Å². The fraction of sp³-hybridized carbons (Fsp3) is 0.250. The van der Waals surface area contributed by atoms with E-state index in [1.165, 1.54) is 11.1 Å². The van der Waals surface area contributed by atoms with Gasteiger partial charge in [-0.05, 0) is 63.3 Å². The van der Waals surface area contributed by atoms with Gasteiger partial charge in [0.1, 0.15) is 0 Å². The molecule has 0 fully saturated rings. The molecule has 32 heavy (non-hydrogen) atoms. The molecule has 2 rings (SSSR count). The third-order valence-electron chi connectivity index (χ3n) is 5.46. The van der Waals surface area contributed by atoms with Crippen molar-refractivity contribution in [3.05, 3.63) is 138 Å². The summed E-state index contributed by atoms with van der Waals surface area (Å²) in [5.41, 5.74) is 9.03. The molecule has 0 aliphatic heterocycles. The van der Waals surface area contributed by atoms with E-state index in [4.69, 9.17) is 0 Å². The van der Waals surface area contributed by atoms with Gasteiger partial charge in [-0.1, -0.05) is 133 Å².